The predicted molar refractivity (Wildman–Crippen MR) is 138 cm³/mol. The largest absolute Gasteiger partial charge is 0.490 e. The second-order valence-corrected chi connectivity index (χ2v) is 9.50. The summed E-state index contributed by atoms with van der Waals surface area (Å²) in [7, 11) is 0. The Hall–Kier alpha value is -3.87. The summed E-state index contributed by atoms with van der Waals surface area (Å²) in [5.74, 6) is 1.54. The van der Waals surface area contributed by atoms with E-state index in [2.05, 4.69) is 23.1 Å². The fourth-order valence-corrected chi connectivity index (χ4v) is 5.02. The van der Waals surface area contributed by atoms with Gasteiger partial charge < -0.3 is 20.3 Å². The first-order chi connectivity index (χ1) is 16.9. The van der Waals surface area contributed by atoms with Gasteiger partial charge in [-0.1, -0.05) is 24.3 Å². The maximum atomic E-state index is 13.2. The summed E-state index contributed by atoms with van der Waals surface area (Å²) >= 11 is 0. The Balaban J connectivity index is 1.26. The number of nitrogen functional groups attached to an aromatic ring is 1. The Kier molecular flexibility index (Phi) is 6.16. The van der Waals surface area contributed by atoms with Crippen LogP contribution in [0.2, 0.25) is 0 Å². The average molecular weight is 470 g/mol. The number of rotatable bonds is 5. The third-order valence-corrected chi connectivity index (χ3v) is 7.05. The van der Waals surface area contributed by atoms with Gasteiger partial charge >= 0.3 is 0 Å². The molecule has 0 spiro atoms. The van der Waals surface area contributed by atoms with Crippen molar-refractivity contribution in [2.24, 2.45) is 5.73 Å². The number of nitrogens with one attached hydrogen (secondary N) is 2. The van der Waals surface area contributed by atoms with E-state index in [0.29, 0.717) is 24.5 Å². The topological polar surface area (TPSA) is 106 Å². The number of amides is 1. The molecule has 4 N–H and O–H groups in total. The lowest BCUT2D eigenvalue weighted by molar-refractivity contribution is 0.0726. The van der Waals surface area contributed by atoms with E-state index in [4.69, 9.17) is 21.3 Å². The lowest BCUT2D eigenvalue weighted by atomic mass is 9.97. The van der Waals surface area contributed by atoms with Gasteiger partial charge in [-0.2, -0.15) is 0 Å². The van der Waals surface area contributed by atoms with Crippen LogP contribution in [0.4, 0.5) is 0 Å². The van der Waals surface area contributed by atoms with E-state index < -0.39 is 0 Å². The Morgan fingerprint density at radius 1 is 1.00 bits per heavy atom. The standard InChI is InChI=1S/C28H31N5O2/c1-18(29)32-12-9-24(10-13-32)35-25-6-7-26-21(16-25)8-11-33(28(26)34)17-19-2-3-20-4-5-22(27(30)31)15-23(20)14-19/h2-7,14-16,24,29H,8-13,17H2,1H3,(H3,30,31). The van der Waals surface area contributed by atoms with E-state index in [1.165, 1.54) is 0 Å². The molecule has 180 valence electrons. The third kappa shape index (κ3) is 4.85. The van der Waals surface area contributed by atoms with Crippen LogP contribution >= 0.6 is 0 Å². The molecule has 0 aromatic heterocycles. The van der Waals surface area contributed by atoms with Crippen LogP contribution in [-0.4, -0.2) is 53.1 Å². The first-order valence-corrected chi connectivity index (χ1v) is 12.1. The molecular weight excluding hydrogens is 438 g/mol. The minimum atomic E-state index is 0.0464. The van der Waals surface area contributed by atoms with Crippen molar-refractivity contribution in [1.29, 1.82) is 10.8 Å². The highest BCUT2D eigenvalue weighted by molar-refractivity contribution is 5.99. The lowest BCUT2D eigenvalue weighted by Crippen LogP contribution is -2.40. The molecule has 0 unspecified atom stereocenters. The molecule has 3 aromatic carbocycles. The summed E-state index contributed by atoms with van der Waals surface area (Å²) in [6.45, 7) is 4.74. The highest BCUT2D eigenvalue weighted by Gasteiger charge is 2.26. The van der Waals surface area contributed by atoms with Gasteiger partial charge in [0.2, 0.25) is 0 Å². The Labute approximate surface area is 205 Å². The maximum Gasteiger partial charge on any atom is 0.254 e. The zero-order valence-corrected chi connectivity index (χ0v) is 20.0. The fourth-order valence-electron chi connectivity index (χ4n) is 5.02. The van der Waals surface area contributed by atoms with Crippen LogP contribution < -0.4 is 10.5 Å². The van der Waals surface area contributed by atoms with Crippen molar-refractivity contribution in [3.8, 4) is 5.75 Å². The van der Waals surface area contributed by atoms with E-state index in [0.717, 1.165) is 65.6 Å². The SMILES string of the molecule is CC(=N)N1CCC(Oc2ccc3c(c2)CCN(Cc2ccc4ccc(C(=N)N)cc4c2)C3=O)CC1. The predicted octanol–water partition coefficient (Wildman–Crippen LogP) is 4.16. The Morgan fingerprint density at radius 2 is 1.77 bits per heavy atom. The minimum absolute atomic E-state index is 0.0464. The van der Waals surface area contributed by atoms with Gasteiger partial charge in [-0.25, -0.2) is 0 Å². The van der Waals surface area contributed by atoms with Crippen LogP contribution in [0, 0.1) is 10.8 Å². The molecule has 1 amide bonds. The van der Waals surface area contributed by atoms with Crippen LogP contribution in [-0.2, 0) is 13.0 Å². The number of amidine groups is 2. The second kappa shape index (κ2) is 9.41. The van der Waals surface area contributed by atoms with Crippen molar-refractivity contribution in [2.45, 2.75) is 38.8 Å². The first-order valence-electron chi connectivity index (χ1n) is 12.1. The summed E-state index contributed by atoms with van der Waals surface area (Å²) in [6, 6.07) is 17.8. The molecule has 1 saturated heterocycles. The molecule has 7 heteroatoms. The number of nitrogens with zero attached hydrogens (tertiary/aromatic N) is 2. The van der Waals surface area contributed by atoms with Crippen LogP contribution in [0.1, 0.15) is 46.8 Å². The van der Waals surface area contributed by atoms with Crippen molar-refractivity contribution in [3.05, 3.63) is 76.9 Å². The number of carbonyl (C=O) groups excluding carboxylic acids is 1. The molecule has 35 heavy (non-hydrogen) atoms. The van der Waals surface area contributed by atoms with E-state index in [9.17, 15) is 4.79 Å². The molecule has 0 saturated carbocycles. The number of piperidine rings is 1. The molecule has 7 nitrogen and oxygen atoms in total. The molecule has 2 heterocycles. The zero-order chi connectivity index (χ0) is 24.5. The number of fused-ring (bicyclic) bond motifs is 2. The van der Waals surface area contributed by atoms with Crippen molar-refractivity contribution in [2.75, 3.05) is 19.6 Å². The van der Waals surface area contributed by atoms with E-state index in [1.54, 1.807) is 0 Å². The minimum Gasteiger partial charge on any atom is -0.490 e. The molecular formula is C28H31N5O2. The van der Waals surface area contributed by atoms with E-state index in [1.807, 2.05) is 48.2 Å². The lowest BCUT2D eigenvalue weighted by Gasteiger charge is -2.33. The molecule has 2 aliphatic heterocycles. The second-order valence-electron chi connectivity index (χ2n) is 9.50. The molecule has 0 atom stereocenters. The number of hydrogen-bond acceptors (Lipinski definition) is 4. The molecule has 0 aliphatic carbocycles. The van der Waals surface area contributed by atoms with E-state index >= 15 is 0 Å². The van der Waals surface area contributed by atoms with Gasteiger partial charge in [0.1, 0.15) is 17.7 Å². The van der Waals surface area contributed by atoms with Crippen molar-refractivity contribution in [3.63, 3.8) is 0 Å². The maximum absolute atomic E-state index is 13.2. The van der Waals surface area contributed by atoms with Crippen LogP contribution in [0.5, 0.6) is 5.75 Å². The van der Waals surface area contributed by atoms with Crippen LogP contribution in [0.3, 0.4) is 0 Å². The molecule has 0 bridgehead atoms. The number of ether oxygens (including phenoxy) is 1. The molecule has 0 radical (unpaired) electrons. The van der Waals surface area contributed by atoms with E-state index in [-0.39, 0.29) is 17.8 Å². The van der Waals surface area contributed by atoms with Gasteiger partial charge in [0.15, 0.2) is 0 Å². The smallest absolute Gasteiger partial charge is 0.254 e. The highest BCUT2D eigenvalue weighted by Crippen LogP contribution is 2.28. The first kappa shape index (κ1) is 22.9. The van der Waals surface area contributed by atoms with Crippen LogP contribution in [0.25, 0.3) is 10.8 Å². The Morgan fingerprint density at radius 3 is 2.51 bits per heavy atom. The molecule has 5 rings (SSSR count). The normalized spacial score (nSPS) is 16.3. The Bertz CT molecular complexity index is 1310. The zero-order valence-electron chi connectivity index (χ0n) is 20.0. The van der Waals surface area contributed by atoms with Crippen molar-refractivity contribution < 1.29 is 9.53 Å². The van der Waals surface area contributed by atoms with Gasteiger partial charge in [0, 0.05) is 50.1 Å². The van der Waals surface area contributed by atoms with Gasteiger partial charge in [-0.15, -0.1) is 0 Å². The number of hydrogen-bond donors (Lipinski definition) is 3. The summed E-state index contributed by atoms with van der Waals surface area (Å²) < 4.78 is 6.23. The van der Waals surface area contributed by atoms with Gasteiger partial charge in [-0.05, 0) is 65.6 Å². The molecule has 3 aromatic rings. The van der Waals surface area contributed by atoms with Crippen molar-refractivity contribution in [1.82, 2.24) is 9.80 Å². The summed E-state index contributed by atoms with van der Waals surface area (Å²) in [5, 5.41) is 17.6. The number of nitrogens with two attached hydrogens (primary N) is 1. The summed E-state index contributed by atoms with van der Waals surface area (Å²) in [6.07, 6.45) is 2.75. The van der Waals surface area contributed by atoms with Gasteiger partial charge in [-0.3, -0.25) is 15.6 Å². The highest BCUT2D eigenvalue weighted by atomic mass is 16.5. The average Bonchev–Trinajstić information content (AvgIpc) is 2.85. The number of likely N-dealkylation sites (tertiary alicyclic amines) is 1. The fraction of sp³-hybridized carbons (Fsp3) is 0.321. The summed E-state index contributed by atoms with van der Waals surface area (Å²) in [4.78, 5) is 17.2. The molecule has 1 fully saturated rings. The monoisotopic (exact) mass is 469 g/mol. The van der Waals surface area contributed by atoms with Crippen LogP contribution in [0.15, 0.2) is 54.6 Å². The summed E-state index contributed by atoms with van der Waals surface area (Å²) in [5.41, 5.74) is 9.19. The number of carbonyl (C=O) groups is 1. The van der Waals surface area contributed by atoms with Gasteiger partial charge in [0.25, 0.3) is 5.91 Å². The molecule has 2 aliphatic rings. The third-order valence-electron chi connectivity index (χ3n) is 7.05. The van der Waals surface area contributed by atoms with Crippen molar-refractivity contribution >= 4 is 28.4 Å². The van der Waals surface area contributed by atoms with Gasteiger partial charge in [0.05, 0.1) is 5.84 Å². The quantitative estimate of drug-likeness (QED) is 0.385. The number of benzene rings is 3.